The molecule has 1 fully saturated rings. The van der Waals surface area contributed by atoms with Crippen LogP contribution in [-0.4, -0.2) is 27.9 Å². The molecule has 1 aromatic heterocycles. The second-order valence-electron chi connectivity index (χ2n) is 6.23. The summed E-state index contributed by atoms with van der Waals surface area (Å²) in [5.41, 5.74) is -1.11. The van der Waals surface area contributed by atoms with Crippen molar-refractivity contribution in [2.75, 3.05) is 16.4 Å². The van der Waals surface area contributed by atoms with Crippen LogP contribution >= 0.6 is 23.1 Å². The fourth-order valence-corrected chi connectivity index (χ4v) is 4.53. The molecule has 27 heavy (non-hydrogen) atoms. The van der Waals surface area contributed by atoms with Gasteiger partial charge in [0.25, 0.3) is 0 Å². The van der Waals surface area contributed by atoms with Crippen LogP contribution in [0.4, 0.5) is 24.0 Å². The van der Waals surface area contributed by atoms with Gasteiger partial charge in [0.05, 0.1) is 17.0 Å². The van der Waals surface area contributed by atoms with Crippen molar-refractivity contribution in [1.29, 1.82) is 0 Å². The zero-order valence-electron chi connectivity index (χ0n) is 14.4. The van der Waals surface area contributed by atoms with Crippen LogP contribution in [-0.2, 0) is 11.0 Å². The van der Waals surface area contributed by atoms with Crippen LogP contribution in [0.5, 0.6) is 0 Å². The number of nitrogens with zero attached hydrogens (tertiary/aromatic N) is 2. The van der Waals surface area contributed by atoms with Crippen molar-refractivity contribution >= 4 is 39.8 Å². The molecule has 2 aromatic rings. The van der Waals surface area contributed by atoms with E-state index in [1.165, 1.54) is 48.8 Å². The van der Waals surface area contributed by atoms with Gasteiger partial charge in [-0.15, -0.1) is 10.2 Å². The number of carbonyl (C=O) groups excluding carboxylic acids is 1. The summed E-state index contributed by atoms with van der Waals surface area (Å²) in [5, 5.41) is 14.5. The number of anilines is 2. The lowest BCUT2D eigenvalue weighted by Gasteiger charge is -2.21. The van der Waals surface area contributed by atoms with E-state index in [1.807, 2.05) is 0 Å². The first-order chi connectivity index (χ1) is 12.9. The molecule has 0 atom stereocenters. The third-order valence-electron chi connectivity index (χ3n) is 4.17. The van der Waals surface area contributed by atoms with Gasteiger partial charge in [-0.25, -0.2) is 0 Å². The molecule has 0 saturated heterocycles. The van der Waals surface area contributed by atoms with E-state index in [2.05, 4.69) is 20.8 Å². The van der Waals surface area contributed by atoms with E-state index < -0.39 is 17.6 Å². The van der Waals surface area contributed by atoms with Crippen LogP contribution in [0, 0.1) is 0 Å². The topological polar surface area (TPSA) is 66.9 Å². The molecule has 3 rings (SSSR count). The predicted octanol–water partition coefficient (Wildman–Crippen LogP) is 5.03. The minimum Gasteiger partial charge on any atom is -0.357 e. The molecule has 1 aliphatic rings. The maximum absolute atomic E-state index is 13.0. The number of rotatable bonds is 6. The highest BCUT2D eigenvalue weighted by Gasteiger charge is 2.33. The second-order valence-corrected chi connectivity index (χ2v) is 8.43. The van der Waals surface area contributed by atoms with Gasteiger partial charge in [0.1, 0.15) is 0 Å². The smallest absolute Gasteiger partial charge is 0.357 e. The third-order valence-corrected chi connectivity index (χ3v) is 6.16. The molecule has 1 aromatic carbocycles. The molecule has 1 heterocycles. The van der Waals surface area contributed by atoms with Gasteiger partial charge in [-0.2, -0.15) is 13.2 Å². The first-order valence-electron chi connectivity index (χ1n) is 8.61. The summed E-state index contributed by atoms with van der Waals surface area (Å²) in [6, 6.07) is 5.33. The molecule has 1 amide bonds. The highest BCUT2D eigenvalue weighted by Crippen LogP contribution is 2.35. The summed E-state index contributed by atoms with van der Waals surface area (Å²) in [7, 11) is 0. The number of para-hydroxylation sites is 1. The Balaban J connectivity index is 1.51. The van der Waals surface area contributed by atoms with E-state index in [9.17, 15) is 18.0 Å². The van der Waals surface area contributed by atoms with E-state index in [1.54, 1.807) is 0 Å². The third kappa shape index (κ3) is 5.83. The Kier molecular flexibility index (Phi) is 6.59. The van der Waals surface area contributed by atoms with Crippen molar-refractivity contribution in [3.05, 3.63) is 29.8 Å². The van der Waals surface area contributed by atoms with Gasteiger partial charge in [0.2, 0.25) is 11.0 Å². The van der Waals surface area contributed by atoms with Crippen molar-refractivity contribution in [1.82, 2.24) is 10.2 Å². The van der Waals surface area contributed by atoms with Crippen molar-refractivity contribution in [3.8, 4) is 0 Å². The molecule has 0 bridgehead atoms. The lowest BCUT2D eigenvalue weighted by molar-refractivity contribution is -0.137. The highest BCUT2D eigenvalue weighted by molar-refractivity contribution is 8.01. The molecule has 1 saturated carbocycles. The van der Waals surface area contributed by atoms with E-state index >= 15 is 0 Å². The van der Waals surface area contributed by atoms with Crippen LogP contribution in [0.1, 0.15) is 37.7 Å². The quantitative estimate of drug-likeness (QED) is 0.647. The number of hydrogen-bond donors (Lipinski definition) is 2. The number of amides is 1. The number of halogens is 3. The molecule has 10 heteroatoms. The molecular formula is C17H19F3N4OS2. The summed E-state index contributed by atoms with van der Waals surface area (Å²) < 4.78 is 39.5. The van der Waals surface area contributed by atoms with Gasteiger partial charge in [0.15, 0.2) is 4.34 Å². The van der Waals surface area contributed by atoms with Crippen molar-refractivity contribution in [2.45, 2.75) is 48.7 Å². The average Bonchev–Trinajstić information content (AvgIpc) is 3.08. The molecule has 0 radical (unpaired) electrons. The first kappa shape index (κ1) is 19.9. The van der Waals surface area contributed by atoms with Crippen molar-refractivity contribution < 1.29 is 18.0 Å². The van der Waals surface area contributed by atoms with Gasteiger partial charge in [-0.1, -0.05) is 54.5 Å². The lowest BCUT2D eigenvalue weighted by Crippen LogP contribution is -2.21. The first-order valence-corrected chi connectivity index (χ1v) is 10.4. The maximum atomic E-state index is 13.0. The van der Waals surface area contributed by atoms with Crippen LogP contribution < -0.4 is 10.6 Å². The number of carbonyl (C=O) groups is 1. The van der Waals surface area contributed by atoms with E-state index in [0.717, 1.165) is 30.7 Å². The molecule has 1 aliphatic carbocycles. The number of aromatic nitrogens is 2. The fourth-order valence-electron chi connectivity index (χ4n) is 2.90. The SMILES string of the molecule is O=C(CSc1nnc(NC2CCCCC2)s1)Nc1ccccc1C(F)(F)F. The van der Waals surface area contributed by atoms with Gasteiger partial charge in [0, 0.05) is 6.04 Å². The van der Waals surface area contributed by atoms with Crippen LogP contribution in [0.3, 0.4) is 0 Å². The highest BCUT2D eigenvalue weighted by atomic mass is 32.2. The Bertz CT molecular complexity index is 776. The largest absolute Gasteiger partial charge is 0.418 e. The Morgan fingerprint density at radius 1 is 1.19 bits per heavy atom. The molecule has 0 unspecified atom stereocenters. The second kappa shape index (κ2) is 8.92. The molecule has 2 N–H and O–H groups in total. The zero-order chi connectivity index (χ0) is 19.3. The summed E-state index contributed by atoms with van der Waals surface area (Å²) in [4.78, 5) is 12.0. The van der Waals surface area contributed by atoms with Gasteiger partial charge >= 0.3 is 6.18 Å². The number of benzene rings is 1. The molecule has 0 spiro atoms. The van der Waals surface area contributed by atoms with Crippen molar-refractivity contribution in [3.63, 3.8) is 0 Å². The van der Waals surface area contributed by atoms with Crippen LogP contribution in [0.25, 0.3) is 0 Å². The number of nitrogens with one attached hydrogen (secondary N) is 2. The summed E-state index contributed by atoms with van der Waals surface area (Å²) in [6.07, 6.45) is 1.39. The zero-order valence-corrected chi connectivity index (χ0v) is 16.0. The lowest BCUT2D eigenvalue weighted by atomic mass is 9.96. The molecular weight excluding hydrogens is 397 g/mol. The predicted molar refractivity (Wildman–Crippen MR) is 101 cm³/mol. The van der Waals surface area contributed by atoms with E-state index in [4.69, 9.17) is 0 Å². The molecule has 146 valence electrons. The molecule has 5 nitrogen and oxygen atoms in total. The minimum absolute atomic E-state index is 0.0374. The van der Waals surface area contributed by atoms with Crippen LogP contribution in [0.15, 0.2) is 28.6 Å². The van der Waals surface area contributed by atoms with Gasteiger partial charge < -0.3 is 10.6 Å². The minimum atomic E-state index is -4.52. The summed E-state index contributed by atoms with van der Waals surface area (Å²) >= 11 is 2.51. The Morgan fingerprint density at radius 2 is 1.93 bits per heavy atom. The number of alkyl halides is 3. The normalized spacial score (nSPS) is 15.5. The maximum Gasteiger partial charge on any atom is 0.418 e. The number of thioether (sulfide) groups is 1. The summed E-state index contributed by atoms with van der Waals surface area (Å²) in [5.74, 6) is -0.557. The van der Waals surface area contributed by atoms with E-state index in [-0.39, 0.29) is 11.4 Å². The van der Waals surface area contributed by atoms with Crippen LogP contribution in [0.2, 0.25) is 0 Å². The van der Waals surface area contributed by atoms with Crippen molar-refractivity contribution in [2.24, 2.45) is 0 Å². The Labute approximate surface area is 163 Å². The number of hydrogen-bond acceptors (Lipinski definition) is 6. The van der Waals surface area contributed by atoms with Gasteiger partial charge in [-0.05, 0) is 25.0 Å². The van der Waals surface area contributed by atoms with E-state index in [0.29, 0.717) is 15.5 Å². The average molecular weight is 416 g/mol. The van der Waals surface area contributed by atoms with Gasteiger partial charge in [-0.3, -0.25) is 4.79 Å². The molecule has 0 aliphatic heterocycles. The fraction of sp³-hybridized carbons (Fsp3) is 0.471. The monoisotopic (exact) mass is 416 g/mol. The standard InChI is InChI=1S/C17H19F3N4OS2/c18-17(19,20)12-8-4-5-9-13(12)22-14(25)10-26-16-24-23-15(27-16)21-11-6-2-1-3-7-11/h4-5,8-9,11H,1-3,6-7,10H2,(H,21,23)(H,22,25). The summed E-state index contributed by atoms with van der Waals surface area (Å²) in [6.45, 7) is 0. The Hall–Kier alpha value is -1.81. The Morgan fingerprint density at radius 3 is 2.67 bits per heavy atom.